The zero-order valence-corrected chi connectivity index (χ0v) is 10.8. The number of nitrogens with zero attached hydrogens (tertiary/aromatic N) is 3. The van der Waals surface area contributed by atoms with Gasteiger partial charge in [-0.05, 0) is 13.8 Å². The maximum atomic E-state index is 12.0. The second kappa shape index (κ2) is 5.05. The average Bonchev–Trinajstić information content (AvgIpc) is 2.70. The summed E-state index contributed by atoms with van der Waals surface area (Å²) in [6.45, 7) is 3.25. The molecule has 1 rings (SSSR count). The summed E-state index contributed by atoms with van der Waals surface area (Å²) in [4.78, 5) is 12.0. The van der Waals surface area contributed by atoms with E-state index < -0.39 is 5.60 Å². The number of anilines is 1. The van der Waals surface area contributed by atoms with Gasteiger partial charge in [0.05, 0.1) is 11.8 Å². The fourth-order valence-corrected chi connectivity index (χ4v) is 1.18. The summed E-state index contributed by atoms with van der Waals surface area (Å²) in [7, 11) is 3.07. The van der Waals surface area contributed by atoms with Crippen molar-refractivity contribution >= 4 is 17.6 Å². The molecular weight excluding hydrogens is 238 g/mol. The average molecular weight is 255 g/mol. The molecule has 0 aliphatic carbocycles. The third-order valence-electron chi connectivity index (χ3n) is 2.61. The van der Waals surface area contributed by atoms with Crippen molar-refractivity contribution in [3.8, 4) is 0 Å². The topological polar surface area (TPSA) is 115 Å². The number of hydrogen-bond acceptors (Lipinski definition) is 5. The van der Waals surface area contributed by atoms with Gasteiger partial charge >= 0.3 is 0 Å². The third kappa shape index (κ3) is 2.59. The lowest BCUT2D eigenvalue weighted by atomic mass is 10.1. The van der Waals surface area contributed by atoms with Crippen LogP contribution in [-0.2, 0) is 16.6 Å². The molecular formula is C10H17N5O3. The Hall–Kier alpha value is -2.09. The lowest BCUT2D eigenvalue weighted by molar-refractivity contribution is -0.133. The fraction of sp³-hybridized carbons (Fsp3) is 0.500. The van der Waals surface area contributed by atoms with Crippen molar-refractivity contribution in [1.29, 1.82) is 0 Å². The van der Waals surface area contributed by atoms with Gasteiger partial charge in [-0.3, -0.25) is 9.48 Å². The Morgan fingerprint density at radius 1 is 1.67 bits per heavy atom. The monoisotopic (exact) mass is 255 g/mol. The first-order chi connectivity index (χ1) is 8.33. The smallest absolute Gasteiger partial charge is 0.257 e. The van der Waals surface area contributed by atoms with Crippen LogP contribution in [0.25, 0.3) is 0 Å². The molecule has 1 aromatic heterocycles. The Bertz CT molecular complexity index is 478. The zero-order chi connectivity index (χ0) is 13.9. The van der Waals surface area contributed by atoms with Gasteiger partial charge in [0.15, 0.2) is 5.84 Å². The lowest BCUT2D eigenvalue weighted by Gasteiger charge is -2.22. The van der Waals surface area contributed by atoms with E-state index in [1.54, 1.807) is 20.9 Å². The number of carbonyl (C=O) groups is 1. The normalized spacial score (nSPS) is 12.6. The first kappa shape index (κ1) is 14.0. The Balaban J connectivity index is 3.05. The standard InChI is InChI=1S/C10H17N5O3/c1-10(2,18-4)9(16)13-8-6(7(11)14-17)5-12-15(8)3/h5,17H,1-4H3,(H2,11,14)(H,13,16). The fourth-order valence-electron chi connectivity index (χ4n) is 1.18. The summed E-state index contributed by atoms with van der Waals surface area (Å²) < 4.78 is 6.48. The summed E-state index contributed by atoms with van der Waals surface area (Å²) in [6.07, 6.45) is 1.39. The predicted octanol–water partition coefficient (Wildman–Crippen LogP) is -0.122. The van der Waals surface area contributed by atoms with Crippen LogP contribution >= 0.6 is 0 Å². The van der Waals surface area contributed by atoms with Crippen LogP contribution in [0.4, 0.5) is 5.82 Å². The predicted molar refractivity (Wildman–Crippen MR) is 65.4 cm³/mol. The first-order valence-electron chi connectivity index (χ1n) is 5.20. The Morgan fingerprint density at radius 3 is 2.78 bits per heavy atom. The van der Waals surface area contributed by atoms with Gasteiger partial charge in [0.25, 0.3) is 5.91 Å². The number of rotatable bonds is 4. The van der Waals surface area contributed by atoms with Gasteiger partial charge in [0.2, 0.25) is 0 Å². The Kier molecular flexibility index (Phi) is 3.92. The summed E-state index contributed by atoms with van der Waals surface area (Å²) in [5, 5.41) is 18.1. The van der Waals surface area contributed by atoms with E-state index >= 15 is 0 Å². The van der Waals surface area contributed by atoms with Crippen LogP contribution in [-0.4, -0.2) is 39.4 Å². The van der Waals surface area contributed by atoms with Gasteiger partial charge in [-0.1, -0.05) is 5.16 Å². The molecule has 0 aliphatic rings. The molecule has 0 aliphatic heterocycles. The van der Waals surface area contributed by atoms with E-state index in [9.17, 15) is 4.79 Å². The van der Waals surface area contributed by atoms with E-state index in [0.29, 0.717) is 11.4 Å². The number of amides is 1. The van der Waals surface area contributed by atoms with Crippen LogP contribution < -0.4 is 11.1 Å². The van der Waals surface area contributed by atoms with Crippen molar-refractivity contribution in [2.45, 2.75) is 19.4 Å². The molecule has 18 heavy (non-hydrogen) atoms. The van der Waals surface area contributed by atoms with Crippen molar-refractivity contribution in [1.82, 2.24) is 9.78 Å². The van der Waals surface area contributed by atoms with Crippen molar-refractivity contribution < 1.29 is 14.7 Å². The molecule has 0 unspecified atom stereocenters. The van der Waals surface area contributed by atoms with E-state index in [-0.39, 0.29) is 11.7 Å². The molecule has 1 heterocycles. The van der Waals surface area contributed by atoms with Crippen LogP contribution in [0, 0.1) is 0 Å². The lowest BCUT2D eigenvalue weighted by Crippen LogP contribution is -2.39. The number of aryl methyl sites for hydroxylation is 1. The zero-order valence-electron chi connectivity index (χ0n) is 10.8. The SMILES string of the molecule is COC(C)(C)C(=O)Nc1c(C(N)=NO)cnn1C. The number of hydrogen-bond donors (Lipinski definition) is 3. The van der Waals surface area contributed by atoms with Crippen molar-refractivity contribution in [2.24, 2.45) is 17.9 Å². The van der Waals surface area contributed by atoms with E-state index in [2.05, 4.69) is 15.6 Å². The highest BCUT2D eigenvalue weighted by Gasteiger charge is 2.28. The van der Waals surface area contributed by atoms with Gasteiger partial charge in [0, 0.05) is 14.2 Å². The molecule has 0 fully saturated rings. The van der Waals surface area contributed by atoms with E-state index in [1.807, 2.05) is 0 Å². The van der Waals surface area contributed by atoms with Crippen LogP contribution in [0.1, 0.15) is 19.4 Å². The third-order valence-corrected chi connectivity index (χ3v) is 2.61. The molecule has 100 valence electrons. The van der Waals surface area contributed by atoms with Gasteiger partial charge in [-0.25, -0.2) is 0 Å². The minimum absolute atomic E-state index is 0.131. The van der Waals surface area contributed by atoms with Crippen LogP contribution in [0.3, 0.4) is 0 Å². The maximum Gasteiger partial charge on any atom is 0.257 e. The molecule has 0 saturated carbocycles. The molecule has 0 spiro atoms. The summed E-state index contributed by atoms with van der Waals surface area (Å²) >= 11 is 0. The first-order valence-corrected chi connectivity index (χ1v) is 5.20. The minimum Gasteiger partial charge on any atom is -0.409 e. The largest absolute Gasteiger partial charge is 0.409 e. The van der Waals surface area contributed by atoms with E-state index in [4.69, 9.17) is 15.7 Å². The molecule has 0 atom stereocenters. The van der Waals surface area contributed by atoms with Gasteiger partial charge in [-0.2, -0.15) is 5.10 Å². The summed E-state index contributed by atoms with van der Waals surface area (Å²) in [5.41, 5.74) is 4.83. The number of oxime groups is 1. The second-order valence-corrected chi connectivity index (χ2v) is 4.18. The molecule has 8 nitrogen and oxygen atoms in total. The molecule has 1 aromatic rings. The number of carbonyl (C=O) groups excluding carboxylic acids is 1. The Morgan fingerprint density at radius 2 is 2.28 bits per heavy atom. The number of aromatic nitrogens is 2. The van der Waals surface area contributed by atoms with E-state index in [1.165, 1.54) is 18.0 Å². The molecule has 8 heteroatoms. The van der Waals surface area contributed by atoms with Crippen LogP contribution in [0.5, 0.6) is 0 Å². The number of nitrogens with two attached hydrogens (primary N) is 1. The summed E-state index contributed by atoms with van der Waals surface area (Å²) in [6, 6.07) is 0. The molecule has 0 aromatic carbocycles. The number of ether oxygens (including phenoxy) is 1. The van der Waals surface area contributed by atoms with Crippen molar-refractivity contribution in [2.75, 3.05) is 12.4 Å². The maximum absolute atomic E-state index is 12.0. The van der Waals surface area contributed by atoms with Gasteiger partial charge in [-0.15, -0.1) is 0 Å². The highest BCUT2D eigenvalue weighted by Crippen LogP contribution is 2.17. The van der Waals surface area contributed by atoms with Crippen molar-refractivity contribution in [3.05, 3.63) is 11.8 Å². The summed E-state index contributed by atoms with van der Waals surface area (Å²) in [5.74, 6) is -0.158. The number of methoxy groups -OCH3 is 1. The molecule has 4 N–H and O–H groups in total. The Labute approximate surface area is 104 Å². The van der Waals surface area contributed by atoms with Crippen LogP contribution in [0.15, 0.2) is 11.4 Å². The molecule has 0 radical (unpaired) electrons. The number of amidine groups is 1. The van der Waals surface area contributed by atoms with Crippen molar-refractivity contribution in [3.63, 3.8) is 0 Å². The minimum atomic E-state index is -0.993. The quantitative estimate of drug-likeness (QED) is 0.300. The van der Waals surface area contributed by atoms with Gasteiger partial charge < -0.3 is 21.0 Å². The molecule has 0 bridgehead atoms. The van der Waals surface area contributed by atoms with Crippen LogP contribution in [0.2, 0.25) is 0 Å². The highest BCUT2D eigenvalue weighted by atomic mass is 16.5. The second-order valence-electron chi connectivity index (χ2n) is 4.18. The van der Waals surface area contributed by atoms with Gasteiger partial charge in [0.1, 0.15) is 11.4 Å². The number of nitrogens with one attached hydrogen (secondary N) is 1. The molecule has 1 amide bonds. The highest BCUT2D eigenvalue weighted by molar-refractivity contribution is 6.05. The van der Waals surface area contributed by atoms with E-state index in [0.717, 1.165) is 0 Å². The molecule has 0 saturated heterocycles.